The Kier molecular flexibility index (Phi) is 5.19. The molecule has 0 aromatic heterocycles. The summed E-state index contributed by atoms with van der Waals surface area (Å²) in [7, 11) is -1.39. The fourth-order valence-corrected chi connectivity index (χ4v) is 5.97. The molecule has 2 aliphatic heterocycles. The summed E-state index contributed by atoms with van der Waals surface area (Å²) in [4.78, 5) is 14.4. The highest BCUT2D eigenvalue weighted by molar-refractivity contribution is 8.25. The zero-order valence-corrected chi connectivity index (χ0v) is 17.9. The molecule has 2 aromatic carbocycles. The predicted octanol–water partition coefficient (Wildman–Crippen LogP) is 3.84. The van der Waals surface area contributed by atoms with E-state index in [4.69, 9.17) is 5.41 Å². The van der Waals surface area contributed by atoms with Crippen molar-refractivity contribution < 1.29 is 22.7 Å². The molecule has 4 rings (SSSR count). The van der Waals surface area contributed by atoms with E-state index in [0.717, 1.165) is 17.0 Å². The number of nitrogens with zero attached hydrogens (tertiary/aromatic N) is 2. The molecule has 2 aliphatic rings. The van der Waals surface area contributed by atoms with Gasteiger partial charge in [-0.1, -0.05) is 18.2 Å². The van der Waals surface area contributed by atoms with Gasteiger partial charge in [-0.05, 0) is 37.1 Å². The highest BCUT2D eigenvalue weighted by atomic mass is 32.3. The first kappa shape index (κ1) is 21.5. The van der Waals surface area contributed by atoms with Gasteiger partial charge < -0.3 is 5.32 Å². The molecule has 0 saturated carbocycles. The van der Waals surface area contributed by atoms with Crippen LogP contribution in [0, 0.1) is 17.0 Å². The molecule has 166 valence electrons. The number of likely N-dealkylation sites (N-methyl/N-ethyl adjacent to an activating group) is 1. The number of benzene rings is 2. The summed E-state index contributed by atoms with van der Waals surface area (Å²) in [6.45, 7) is 2.13. The number of hydrogen-bond acceptors (Lipinski definition) is 5. The zero-order chi connectivity index (χ0) is 22.6. The Balaban J connectivity index is 1.77. The van der Waals surface area contributed by atoms with Gasteiger partial charge >= 0.3 is 0 Å². The molecule has 7 nitrogen and oxygen atoms in total. The molecule has 2 unspecified atom stereocenters. The average molecular weight is 451 g/mol. The van der Waals surface area contributed by atoms with Gasteiger partial charge in [0.1, 0.15) is 11.6 Å². The number of amides is 1. The minimum absolute atomic E-state index is 0.0721. The second-order valence-corrected chi connectivity index (χ2v) is 10.1. The Morgan fingerprint density at radius 2 is 1.87 bits per heavy atom. The fraction of sp³-hybridized carbons (Fsp3) is 0.333. The van der Waals surface area contributed by atoms with Crippen LogP contribution in [0.3, 0.4) is 0 Å². The van der Waals surface area contributed by atoms with Crippen LogP contribution in [0.25, 0.3) is 0 Å². The van der Waals surface area contributed by atoms with Crippen molar-refractivity contribution in [3.63, 3.8) is 0 Å². The number of nitrogens with one attached hydrogen (secondary N) is 2. The van der Waals surface area contributed by atoms with Crippen LogP contribution in [-0.4, -0.2) is 45.2 Å². The molecule has 1 amide bonds. The second-order valence-electron chi connectivity index (χ2n) is 8.01. The summed E-state index contributed by atoms with van der Waals surface area (Å²) < 4.78 is 50.2. The smallest absolute Gasteiger partial charge is 0.239 e. The van der Waals surface area contributed by atoms with Crippen molar-refractivity contribution in [1.82, 2.24) is 10.2 Å². The number of hydrogen-bond donors (Lipinski definition) is 4. The number of rotatable bonds is 3. The molecule has 2 saturated heterocycles. The summed E-state index contributed by atoms with van der Waals surface area (Å²) in [5.41, 5.74) is -0.0880. The minimum atomic E-state index is -2.85. The molecular formula is C21H24F2N4O3S. The lowest BCUT2D eigenvalue weighted by Crippen LogP contribution is -2.62. The SMILES string of the molecule is CN1C(=N)NC(C)(c2ccc(F)cc2F)C(c2ccc(N3CCCS3(O)O)cc2)C1=O. The molecule has 4 N–H and O–H groups in total. The van der Waals surface area contributed by atoms with E-state index in [1.807, 2.05) is 0 Å². The number of anilines is 1. The van der Waals surface area contributed by atoms with E-state index in [9.17, 15) is 22.7 Å². The largest absolute Gasteiger partial charge is 0.346 e. The summed E-state index contributed by atoms with van der Waals surface area (Å²) in [5.74, 6) is -2.73. The molecule has 0 bridgehead atoms. The van der Waals surface area contributed by atoms with Crippen molar-refractivity contribution in [3.8, 4) is 0 Å². The Morgan fingerprint density at radius 3 is 2.45 bits per heavy atom. The maximum Gasteiger partial charge on any atom is 0.239 e. The van der Waals surface area contributed by atoms with Crippen molar-refractivity contribution in [2.24, 2.45) is 0 Å². The van der Waals surface area contributed by atoms with Crippen LogP contribution < -0.4 is 9.62 Å². The van der Waals surface area contributed by atoms with Crippen LogP contribution in [0.4, 0.5) is 14.5 Å². The predicted molar refractivity (Wildman–Crippen MR) is 116 cm³/mol. The van der Waals surface area contributed by atoms with Crippen molar-refractivity contribution in [2.45, 2.75) is 24.8 Å². The highest BCUT2D eigenvalue weighted by Gasteiger charge is 2.49. The van der Waals surface area contributed by atoms with Gasteiger partial charge in [0.25, 0.3) is 0 Å². The summed E-state index contributed by atoms with van der Waals surface area (Å²) in [6, 6.07) is 9.94. The van der Waals surface area contributed by atoms with Gasteiger partial charge in [-0.2, -0.15) is 0 Å². The quantitative estimate of drug-likeness (QED) is 0.570. The number of guanidine groups is 1. The minimum Gasteiger partial charge on any atom is -0.346 e. The maximum absolute atomic E-state index is 14.7. The third-order valence-electron chi connectivity index (χ3n) is 6.01. The summed E-state index contributed by atoms with van der Waals surface area (Å²) in [5, 5.41) is 11.0. The van der Waals surface area contributed by atoms with Crippen molar-refractivity contribution in [1.29, 1.82) is 5.41 Å². The average Bonchev–Trinajstić information content (AvgIpc) is 3.05. The Bertz CT molecular complexity index is 1050. The van der Waals surface area contributed by atoms with Gasteiger partial charge in [0.2, 0.25) is 5.91 Å². The number of halogens is 2. The lowest BCUT2D eigenvalue weighted by molar-refractivity contribution is -0.131. The van der Waals surface area contributed by atoms with E-state index in [1.54, 1.807) is 35.5 Å². The highest BCUT2D eigenvalue weighted by Crippen LogP contribution is 2.51. The van der Waals surface area contributed by atoms with Crippen LogP contribution in [0.1, 0.15) is 30.4 Å². The molecule has 2 aromatic rings. The number of carbonyl (C=O) groups excluding carboxylic acids is 1. The van der Waals surface area contributed by atoms with E-state index < -0.39 is 39.8 Å². The van der Waals surface area contributed by atoms with Crippen molar-refractivity contribution in [2.75, 3.05) is 23.7 Å². The third kappa shape index (κ3) is 3.54. The molecule has 31 heavy (non-hydrogen) atoms. The molecule has 2 fully saturated rings. The van der Waals surface area contributed by atoms with E-state index in [2.05, 4.69) is 5.32 Å². The van der Waals surface area contributed by atoms with Crippen LogP contribution in [0.5, 0.6) is 0 Å². The molecule has 2 atom stereocenters. The molecule has 0 radical (unpaired) electrons. The van der Waals surface area contributed by atoms with Gasteiger partial charge in [-0.25, -0.2) is 8.78 Å². The zero-order valence-electron chi connectivity index (χ0n) is 17.1. The van der Waals surface area contributed by atoms with Crippen LogP contribution in [0.15, 0.2) is 42.5 Å². The van der Waals surface area contributed by atoms with Crippen molar-refractivity contribution >= 4 is 28.3 Å². The van der Waals surface area contributed by atoms with Gasteiger partial charge in [-0.15, -0.1) is 10.8 Å². The summed E-state index contributed by atoms with van der Waals surface area (Å²) in [6.07, 6.45) is 0.671. The molecule has 0 aliphatic carbocycles. The topological polar surface area (TPSA) is 99.9 Å². The van der Waals surface area contributed by atoms with Gasteiger partial charge in [0.05, 0.1) is 22.9 Å². The van der Waals surface area contributed by atoms with Gasteiger partial charge in [0.15, 0.2) is 5.96 Å². The lowest BCUT2D eigenvalue weighted by Gasteiger charge is -2.46. The van der Waals surface area contributed by atoms with E-state index in [1.165, 1.54) is 13.1 Å². The van der Waals surface area contributed by atoms with Crippen LogP contribution >= 0.6 is 10.8 Å². The molecule has 2 heterocycles. The third-order valence-corrected chi connectivity index (χ3v) is 7.94. The Labute approximate surface area is 180 Å². The first-order valence-electron chi connectivity index (χ1n) is 9.78. The van der Waals surface area contributed by atoms with Crippen LogP contribution in [0.2, 0.25) is 0 Å². The van der Waals surface area contributed by atoms with Gasteiger partial charge in [-0.3, -0.25) is 28.5 Å². The van der Waals surface area contributed by atoms with Gasteiger partial charge in [0, 0.05) is 25.2 Å². The Hall–Kier alpha value is -2.69. The first-order valence-corrected chi connectivity index (χ1v) is 11.5. The van der Waals surface area contributed by atoms with E-state index in [-0.39, 0.29) is 11.5 Å². The molecule has 10 heteroatoms. The Morgan fingerprint density at radius 1 is 1.19 bits per heavy atom. The van der Waals surface area contributed by atoms with Crippen molar-refractivity contribution in [3.05, 3.63) is 65.2 Å². The number of carbonyl (C=O) groups is 1. The van der Waals surface area contributed by atoms with E-state index in [0.29, 0.717) is 30.0 Å². The fourth-order valence-electron chi connectivity index (χ4n) is 4.35. The normalized spacial score (nSPS) is 26.7. The lowest BCUT2D eigenvalue weighted by atomic mass is 9.73. The van der Waals surface area contributed by atoms with E-state index >= 15 is 0 Å². The maximum atomic E-state index is 14.7. The first-order chi connectivity index (χ1) is 14.5. The summed E-state index contributed by atoms with van der Waals surface area (Å²) >= 11 is 0. The van der Waals surface area contributed by atoms with Crippen LogP contribution in [-0.2, 0) is 10.3 Å². The molecular weight excluding hydrogens is 426 g/mol. The second kappa shape index (κ2) is 7.47. The molecule has 0 spiro atoms. The standard InChI is InChI=1S/C21H24F2N4O3S/c1-21(16-9-6-14(22)12-17(16)23)18(19(28)26(2)20(24)25-21)13-4-7-15(8-5-13)27-10-3-11-31(27,29)30/h4-9,12,18,29-30H,3,10-11H2,1-2H3,(H2,24,25). The monoisotopic (exact) mass is 450 g/mol.